The highest BCUT2D eigenvalue weighted by molar-refractivity contribution is 6.31. The van der Waals surface area contributed by atoms with Gasteiger partial charge in [-0.05, 0) is 42.8 Å². The van der Waals surface area contributed by atoms with E-state index in [1.165, 1.54) is 18.9 Å². The summed E-state index contributed by atoms with van der Waals surface area (Å²) in [6.45, 7) is 2.72. The van der Waals surface area contributed by atoms with Crippen LogP contribution < -0.4 is 15.4 Å². The first-order valence-electron chi connectivity index (χ1n) is 8.45. The van der Waals surface area contributed by atoms with Crippen LogP contribution in [0.25, 0.3) is 0 Å². The molecule has 5 nitrogen and oxygen atoms in total. The number of aromatic nitrogens is 1. The predicted octanol–water partition coefficient (Wildman–Crippen LogP) is 4.92. The highest BCUT2D eigenvalue weighted by Gasteiger charge is 2.11. The van der Waals surface area contributed by atoms with Crippen LogP contribution in [-0.4, -0.2) is 18.0 Å². The molecule has 0 saturated carbocycles. The van der Waals surface area contributed by atoms with E-state index < -0.39 is 0 Å². The Morgan fingerprint density at radius 3 is 2.56 bits per heavy atom. The lowest BCUT2D eigenvalue weighted by molar-refractivity contribution is 0.102. The average Bonchev–Trinajstić information content (AvgIpc) is 2.68. The number of methoxy groups -OCH3 is 1. The van der Waals surface area contributed by atoms with E-state index >= 15 is 0 Å². The molecule has 138 valence electrons. The van der Waals surface area contributed by atoms with Crippen molar-refractivity contribution in [1.82, 2.24) is 4.98 Å². The molecule has 1 amide bonds. The summed E-state index contributed by atoms with van der Waals surface area (Å²) in [6, 6.07) is 16.8. The summed E-state index contributed by atoms with van der Waals surface area (Å²) in [6.07, 6.45) is 1.53. The van der Waals surface area contributed by atoms with Gasteiger partial charge < -0.3 is 15.4 Å². The summed E-state index contributed by atoms with van der Waals surface area (Å²) in [7, 11) is 1.54. The molecule has 1 aromatic heterocycles. The number of hydrogen-bond donors (Lipinski definition) is 2. The molecule has 27 heavy (non-hydrogen) atoms. The molecular weight excluding hydrogens is 362 g/mol. The van der Waals surface area contributed by atoms with Gasteiger partial charge >= 0.3 is 0 Å². The Balaban J connectivity index is 1.63. The van der Waals surface area contributed by atoms with E-state index in [2.05, 4.69) is 46.8 Å². The highest BCUT2D eigenvalue weighted by Crippen LogP contribution is 2.28. The van der Waals surface area contributed by atoms with Crippen LogP contribution in [0.5, 0.6) is 5.75 Å². The average molecular weight is 382 g/mol. The normalized spacial score (nSPS) is 10.3. The predicted molar refractivity (Wildman–Crippen MR) is 109 cm³/mol. The standard InChI is InChI=1S/C21H20ClN3O2/c1-14-3-5-15(6-4-14)12-23-20-10-7-16(13-24-20)21(26)25-18-11-17(22)8-9-19(18)27-2/h3-11,13H,12H2,1-2H3,(H,23,24)(H,25,26). The molecular formula is C21H20ClN3O2. The lowest BCUT2D eigenvalue weighted by Crippen LogP contribution is -2.13. The van der Waals surface area contributed by atoms with Crippen molar-refractivity contribution in [2.45, 2.75) is 13.5 Å². The molecule has 0 atom stereocenters. The van der Waals surface area contributed by atoms with Gasteiger partial charge in [0.2, 0.25) is 0 Å². The maximum atomic E-state index is 12.4. The molecule has 2 N–H and O–H groups in total. The molecule has 0 aliphatic rings. The second kappa shape index (κ2) is 8.56. The molecule has 3 aromatic rings. The van der Waals surface area contributed by atoms with Crippen LogP contribution >= 0.6 is 11.6 Å². The van der Waals surface area contributed by atoms with Gasteiger partial charge in [0, 0.05) is 17.8 Å². The minimum absolute atomic E-state index is 0.284. The minimum Gasteiger partial charge on any atom is -0.495 e. The Kier molecular flexibility index (Phi) is 5.94. The number of benzene rings is 2. The first-order valence-corrected chi connectivity index (χ1v) is 8.83. The molecule has 0 aliphatic heterocycles. The third kappa shape index (κ3) is 4.99. The summed E-state index contributed by atoms with van der Waals surface area (Å²) in [4.78, 5) is 16.8. The van der Waals surface area contributed by atoms with Gasteiger partial charge in [-0.2, -0.15) is 0 Å². The molecule has 0 bridgehead atoms. The molecule has 6 heteroatoms. The zero-order valence-corrected chi connectivity index (χ0v) is 15.9. The van der Waals surface area contributed by atoms with E-state index in [1.54, 1.807) is 30.3 Å². The van der Waals surface area contributed by atoms with Crippen LogP contribution in [0.3, 0.4) is 0 Å². The van der Waals surface area contributed by atoms with E-state index in [1.807, 2.05) is 0 Å². The van der Waals surface area contributed by atoms with Crippen LogP contribution in [0.1, 0.15) is 21.5 Å². The van der Waals surface area contributed by atoms with Crippen molar-refractivity contribution in [1.29, 1.82) is 0 Å². The van der Waals surface area contributed by atoms with Gasteiger partial charge in [0.1, 0.15) is 11.6 Å². The lowest BCUT2D eigenvalue weighted by Gasteiger charge is -2.11. The monoisotopic (exact) mass is 381 g/mol. The number of anilines is 2. The minimum atomic E-state index is -0.284. The van der Waals surface area contributed by atoms with Crippen LogP contribution in [0.4, 0.5) is 11.5 Å². The number of amides is 1. The maximum absolute atomic E-state index is 12.4. The quantitative estimate of drug-likeness (QED) is 0.636. The number of carbonyl (C=O) groups excluding carboxylic acids is 1. The molecule has 0 unspecified atom stereocenters. The van der Waals surface area contributed by atoms with Crippen LogP contribution in [0, 0.1) is 6.92 Å². The topological polar surface area (TPSA) is 63.2 Å². The molecule has 0 radical (unpaired) electrons. The SMILES string of the molecule is COc1ccc(Cl)cc1NC(=O)c1ccc(NCc2ccc(C)cc2)nc1. The van der Waals surface area contributed by atoms with Gasteiger partial charge in [0.05, 0.1) is 18.4 Å². The molecule has 0 spiro atoms. The third-order valence-electron chi connectivity index (χ3n) is 4.03. The molecule has 0 saturated heterocycles. The van der Waals surface area contributed by atoms with Gasteiger partial charge in [-0.3, -0.25) is 4.79 Å². The van der Waals surface area contributed by atoms with E-state index in [9.17, 15) is 4.79 Å². The summed E-state index contributed by atoms with van der Waals surface area (Å²) in [5.41, 5.74) is 3.34. The fourth-order valence-corrected chi connectivity index (χ4v) is 2.68. The second-order valence-electron chi connectivity index (χ2n) is 6.07. The third-order valence-corrected chi connectivity index (χ3v) is 4.26. The zero-order chi connectivity index (χ0) is 19.2. The number of rotatable bonds is 6. The molecule has 0 fully saturated rings. The fourth-order valence-electron chi connectivity index (χ4n) is 2.50. The van der Waals surface area contributed by atoms with Gasteiger partial charge in [-0.15, -0.1) is 0 Å². The van der Waals surface area contributed by atoms with E-state index in [4.69, 9.17) is 16.3 Å². The number of aryl methyl sites for hydroxylation is 1. The lowest BCUT2D eigenvalue weighted by atomic mass is 10.1. The van der Waals surface area contributed by atoms with Crippen LogP contribution in [0.2, 0.25) is 5.02 Å². The molecule has 1 heterocycles. The van der Waals surface area contributed by atoms with E-state index in [-0.39, 0.29) is 5.91 Å². The van der Waals surface area contributed by atoms with Gasteiger partial charge in [-0.1, -0.05) is 41.4 Å². The van der Waals surface area contributed by atoms with Crippen molar-refractivity contribution >= 4 is 29.0 Å². The van der Waals surface area contributed by atoms with E-state index in [0.29, 0.717) is 34.4 Å². The van der Waals surface area contributed by atoms with Crippen LogP contribution in [-0.2, 0) is 6.54 Å². The zero-order valence-electron chi connectivity index (χ0n) is 15.1. The number of halogens is 1. The van der Waals surface area contributed by atoms with Crippen molar-refractivity contribution in [3.8, 4) is 5.75 Å². The van der Waals surface area contributed by atoms with Crippen molar-refractivity contribution < 1.29 is 9.53 Å². The number of carbonyl (C=O) groups is 1. The van der Waals surface area contributed by atoms with Gasteiger partial charge in [0.15, 0.2) is 0 Å². The molecule has 0 aliphatic carbocycles. The smallest absolute Gasteiger partial charge is 0.257 e. The molecule has 2 aromatic carbocycles. The van der Waals surface area contributed by atoms with Crippen molar-refractivity contribution in [2.24, 2.45) is 0 Å². The Hall–Kier alpha value is -3.05. The number of ether oxygens (including phenoxy) is 1. The van der Waals surface area contributed by atoms with Gasteiger partial charge in [-0.25, -0.2) is 4.98 Å². The Morgan fingerprint density at radius 1 is 1.11 bits per heavy atom. The Morgan fingerprint density at radius 2 is 1.89 bits per heavy atom. The van der Waals surface area contributed by atoms with Crippen molar-refractivity contribution in [3.63, 3.8) is 0 Å². The number of hydrogen-bond acceptors (Lipinski definition) is 4. The number of nitrogens with zero attached hydrogens (tertiary/aromatic N) is 1. The van der Waals surface area contributed by atoms with Crippen LogP contribution in [0.15, 0.2) is 60.8 Å². The highest BCUT2D eigenvalue weighted by atomic mass is 35.5. The summed E-state index contributed by atoms with van der Waals surface area (Å²) < 4.78 is 5.24. The molecule has 3 rings (SSSR count). The first kappa shape index (κ1) is 18.7. The Bertz CT molecular complexity index is 925. The first-order chi connectivity index (χ1) is 13.0. The van der Waals surface area contributed by atoms with E-state index in [0.717, 1.165) is 5.56 Å². The summed E-state index contributed by atoms with van der Waals surface area (Å²) in [5.74, 6) is 0.956. The Labute approximate surface area is 163 Å². The second-order valence-corrected chi connectivity index (χ2v) is 6.51. The summed E-state index contributed by atoms with van der Waals surface area (Å²) >= 11 is 5.99. The largest absolute Gasteiger partial charge is 0.495 e. The van der Waals surface area contributed by atoms with Crippen molar-refractivity contribution in [3.05, 3.63) is 82.5 Å². The van der Waals surface area contributed by atoms with Crippen molar-refractivity contribution in [2.75, 3.05) is 17.7 Å². The maximum Gasteiger partial charge on any atom is 0.257 e. The summed E-state index contributed by atoms with van der Waals surface area (Å²) in [5, 5.41) is 6.55. The van der Waals surface area contributed by atoms with Gasteiger partial charge in [0.25, 0.3) is 5.91 Å². The number of pyridine rings is 1. The fraction of sp³-hybridized carbons (Fsp3) is 0.143. The number of nitrogens with one attached hydrogen (secondary N) is 2.